The first kappa shape index (κ1) is 13.9. The van der Waals surface area contributed by atoms with Crippen LogP contribution in [-0.4, -0.2) is 23.3 Å². The molecule has 0 aromatic carbocycles. The first-order valence-corrected chi connectivity index (χ1v) is 6.00. The van der Waals surface area contributed by atoms with Gasteiger partial charge in [-0.05, 0) is 26.2 Å². The van der Waals surface area contributed by atoms with Crippen molar-refractivity contribution in [3.63, 3.8) is 0 Å². The lowest BCUT2D eigenvalue weighted by atomic mass is 9.94. The van der Waals surface area contributed by atoms with Crippen LogP contribution in [0.1, 0.15) is 59.8 Å². The molecule has 2 atom stereocenters. The van der Waals surface area contributed by atoms with Crippen molar-refractivity contribution < 1.29 is 5.11 Å². The Morgan fingerprint density at radius 2 is 1.86 bits per heavy atom. The topological polar surface area (TPSA) is 32.3 Å². The minimum atomic E-state index is -0.0788. The van der Waals surface area contributed by atoms with E-state index < -0.39 is 0 Å². The highest BCUT2D eigenvalue weighted by molar-refractivity contribution is 4.85. The Hall–Kier alpha value is -0.0800. The lowest BCUT2D eigenvalue weighted by Gasteiger charge is -2.33. The van der Waals surface area contributed by atoms with Gasteiger partial charge in [0, 0.05) is 11.6 Å². The molecule has 0 aliphatic carbocycles. The Bertz CT molecular complexity index is 138. The third-order valence-electron chi connectivity index (χ3n) is 2.83. The molecule has 0 saturated carbocycles. The molecule has 0 fully saturated rings. The number of rotatable bonds is 8. The quantitative estimate of drug-likeness (QED) is 0.633. The van der Waals surface area contributed by atoms with Crippen molar-refractivity contribution in [2.45, 2.75) is 71.4 Å². The molecule has 0 aliphatic heterocycles. The first-order chi connectivity index (χ1) is 6.61. The summed E-state index contributed by atoms with van der Waals surface area (Å²) in [7, 11) is 0. The normalized spacial score (nSPS) is 17.8. The number of aliphatic hydroxyl groups excluding tert-OH is 1. The predicted molar refractivity (Wildman–Crippen MR) is 62.5 cm³/mol. The van der Waals surface area contributed by atoms with Crippen LogP contribution in [0, 0.1) is 0 Å². The number of nitrogens with one attached hydrogen (secondary N) is 1. The molecule has 0 saturated heterocycles. The van der Waals surface area contributed by atoms with E-state index in [1.54, 1.807) is 0 Å². The molecule has 2 unspecified atom stereocenters. The molecular weight excluding hydrogens is 174 g/mol. The van der Waals surface area contributed by atoms with E-state index in [0.29, 0.717) is 6.04 Å². The van der Waals surface area contributed by atoms with Gasteiger partial charge in [0.25, 0.3) is 0 Å². The standard InChI is InChI=1S/C12H27NO/c1-5-8-11(7-3)13-12(4,10-14)9-6-2/h11,13-14H,5-10H2,1-4H3. The van der Waals surface area contributed by atoms with Gasteiger partial charge in [0.1, 0.15) is 0 Å². The Kier molecular flexibility index (Phi) is 7.20. The van der Waals surface area contributed by atoms with E-state index in [4.69, 9.17) is 0 Å². The van der Waals surface area contributed by atoms with E-state index in [1.165, 1.54) is 12.8 Å². The molecule has 2 N–H and O–H groups in total. The van der Waals surface area contributed by atoms with Crippen molar-refractivity contribution in [2.75, 3.05) is 6.61 Å². The molecule has 0 amide bonds. The predicted octanol–water partition coefficient (Wildman–Crippen LogP) is 2.71. The van der Waals surface area contributed by atoms with Crippen LogP contribution in [0.25, 0.3) is 0 Å². The van der Waals surface area contributed by atoms with Gasteiger partial charge in [0.2, 0.25) is 0 Å². The lowest BCUT2D eigenvalue weighted by molar-refractivity contribution is 0.148. The van der Waals surface area contributed by atoms with Crippen LogP contribution in [0.5, 0.6) is 0 Å². The van der Waals surface area contributed by atoms with Crippen LogP contribution in [-0.2, 0) is 0 Å². The molecule has 2 heteroatoms. The summed E-state index contributed by atoms with van der Waals surface area (Å²) in [5, 5.41) is 12.9. The number of hydrogen-bond acceptors (Lipinski definition) is 2. The Morgan fingerprint density at radius 3 is 2.21 bits per heavy atom. The minimum Gasteiger partial charge on any atom is -0.394 e. The second kappa shape index (κ2) is 7.24. The molecule has 14 heavy (non-hydrogen) atoms. The van der Waals surface area contributed by atoms with Crippen molar-refractivity contribution in [1.82, 2.24) is 5.32 Å². The molecule has 0 aromatic rings. The fourth-order valence-electron chi connectivity index (χ4n) is 1.97. The van der Waals surface area contributed by atoms with Gasteiger partial charge >= 0.3 is 0 Å². The second-order valence-corrected chi connectivity index (χ2v) is 4.51. The molecular formula is C12H27NO. The summed E-state index contributed by atoms with van der Waals surface area (Å²) in [4.78, 5) is 0. The summed E-state index contributed by atoms with van der Waals surface area (Å²) >= 11 is 0. The molecule has 0 bridgehead atoms. The molecule has 0 spiro atoms. The van der Waals surface area contributed by atoms with Crippen molar-refractivity contribution in [3.8, 4) is 0 Å². The SMILES string of the molecule is CCCC(CC)NC(C)(CO)CCC. The fraction of sp³-hybridized carbons (Fsp3) is 1.00. The Labute approximate surface area is 89.1 Å². The third kappa shape index (κ3) is 4.97. The van der Waals surface area contributed by atoms with Crippen LogP contribution < -0.4 is 5.32 Å². The summed E-state index contributed by atoms with van der Waals surface area (Å²) in [5.41, 5.74) is -0.0788. The summed E-state index contributed by atoms with van der Waals surface area (Å²) < 4.78 is 0. The fourth-order valence-corrected chi connectivity index (χ4v) is 1.97. The maximum absolute atomic E-state index is 9.37. The molecule has 0 radical (unpaired) electrons. The van der Waals surface area contributed by atoms with Crippen molar-refractivity contribution >= 4 is 0 Å². The van der Waals surface area contributed by atoms with Gasteiger partial charge in [0.05, 0.1) is 6.61 Å². The second-order valence-electron chi connectivity index (χ2n) is 4.51. The summed E-state index contributed by atoms with van der Waals surface area (Å²) in [6, 6.07) is 0.559. The van der Waals surface area contributed by atoms with Crippen LogP contribution in [0.2, 0.25) is 0 Å². The monoisotopic (exact) mass is 201 g/mol. The van der Waals surface area contributed by atoms with Gasteiger partial charge in [-0.1, -0.05) is 33.6 Å². The zero-order valence-corrected chi connectivity index (χ0v) is 10.3. The Balaban J connectivity index is 4.11. The zero-order chi connectivity index (χ0) is 11.0. The summed E-state index contributed by atoms with van der Waals surface area (Å²) in [6.07, 6.45) is 5.72. The van der Waals surface area contributed by atoms with Gasteiger partial charge in [-0.15, -0.1) is 0 Å². The Morgan fingerprint density at radius 1 is 1.21 bits per heavy atom. The van der Waals surface area contributed by atoms with E-state index in [-0.39, 0.29) is 12.1 Å². The smallest absolute Gasteiger partial charge is 0.0610 e. The largest absolute Gasteiger partial charge is 0.394 e. The van der Waals surface area contributed by atoms with Crippen molar-refractivity contribution in [3.05, 3.63) is 0 Å². The zero-order valence-electron chi connectivity index (χ0n) is 10.3. The van der Waals surface area contributed by atoms with Gasteiger partial charge < -0.3 is 10.4 Å². The maximum atomic E-state index is 9.37. The van der Waals surface area contributed by atoms with Crippen molar-refractivity contribution in [2.24, 2.45) is 0 Å². The van der Waals surface area contributed by atoms with Gasteiger partial charge in [-0.3, -0.25) is 0 Å². The van der Waals surface area contributed by atoms with E-state index in [1.807, 2.05) is 0 Å². The van der Waals surface area contributed by atoms with Gasteiger partial charge in [0.15, 0.2) is 0 Å². The molecule has 0 rings (SSSR count). The van der Waals surface area contributed by atoms with Crippen molar-refractivity contribution in [1.29, 1.82) is 0 Å². The number of hydrogen-bond donors (Lipinski definition) is 2. The van der Waals surface area contributed by atoms with E-state index >= 15 is 0 Å². The first-order valence-electron chi connectivity index (χ1n) is 6.00. The molecule has 86 valence electrons. The van der Waals surface area contributed by atoms with E-state index in [9.17, 15) is 5.11 Å². The van der Waals surface area contributed by atoms with E-state index in [2.05, 4.69) is 33.0 Å². The van der Waals surface area contributed by atoms with Crippen LogP contribution in [0.15, 0.2) is 0 Å². The molecule has 0 aromatic heterocycles. The highest BCUT2D eigenvalue weighted by atomic mass is 16.3. The minimum absolute atomic E-state index is 0.0788. The average Bonchev–Trinajstić information content (AvgIpc) is 2.17. The highest BCUT2D eigenvalue weighted by Crippen LogP contribution is 2.15. The maximum Gasteiger partial charge on any atom is 0.0610 e. The molecule has 0 aliphatic rings. The van der Waals surface area contributed by atoms with Crippen LogP contribution >= 0.6 is 0 Å². The molecule has 2 nitrogen and oxygen atoms in total. The summed E-state index contributed by atoms with van der Waals surface area (Å²) in [5.74, 6) is 0. The van der Waals surface area contributed by atoms with Gasteiger partial charge in [-0.2, -0.15) is 0 Å². The molecule has 0 heterocycles. The van der Waals surface area contributed by atoms with Crippen LogP contribution in [0.4, 0.5) is 0 Å². The average molecular weight is 201 g/mol. The van der Waals surface area contributed by atoms with Gasteiger partial charge in [-0.25, -0.2) is 0 Å². The lowest BCUT2D eigenvalue weighted by Crippen LogP contribution is -2.50. The van der Waals surface area contributed by atoms with E-state index in [0.717, 1.165) is 19.3 Å². The van der Waals surface area contributed by atoms with Crippen LogP contribution in [0.3, 0.4) is 0 Å². The summed E-state index contributed by atoms with van der Waals surface area (Å²) in [6.45, 7) is 8.93. The third-order valence-corrected chi connectivity index (χ3v) is 2.83. The highest BCUT2D eigenvalue weighted by Gasteiger charge is 2.24. The number of aliphatic hydroxyl groups is 1.